The summed E-state index contributed by atoms with van der Waals surface area (Å²) in [4.78, 5) is 2.28. The first kappa shape index (κ1) is 14.4. The number of rotatable bonds is 4. The monoisotopic (exact) mass is 266 g/mol. The number of nitrogens with zero attached hydrogens (tertiary/aromatic N) is 1. The summed E-state index contributed by atoms with van der Waals surface area (Å²) in [6.07, 6.45) is 2.29. The van der Waals surface area contributed by atoms with Gasteiger partial charge in [-0.1, -0.05) is 18.2 Å². The third kappa shape index (κ3) is 3.32. The van der Waals surface area contributed by atoms with Gasteiger partial charge in [0.2, 0.25) is 0 Å². The van der Waals surface area contributed by atoms with E-state index < -0.39 is 0 Å². The first-order chi connectivity index (χ1) is 9.13. The SMILES string of the molecule is COC1CCN(C(c2ccccc2F)C(C)N)CC1. The molecule has 2 N–H and O–H groups in total. The number of likely N-dealkylation sites (tertiary alicyclic amines) is 1. The Morgan fingerprint density at radius 3 is 2.47 bits per heavy atom. The average Bonchev–Trinajstić information content (AvgIpc) is 2.42. The Morgan fingerprint density at radius 2 is 1.95 bits per heavy atom. The van der Waals surface area contributed by atoms with Crippen LogP contribution in [0.15, 0.2) is 24.3 Å². The van der Waals surface area contributed by atoms with Gasteiger partial charge < -0.3 is 10.5 Å². The molecule has 1 heterocycles. The van der Waals surface area contributed by atoms with Crippen molar-refractivity contribution in [3.05, 3.63) is 35.6 Å². The molecule has 0 bridgehead atoms. The molecule has 0 aliphatic carbocycles. The van der Waals surface area contributed by atoms with Gasteiger partial charge in [0.15, 0.2) is 0 Å². The van der Waals surface area contributed by atoms with E-state index in [0.29, 0.717) is 11.7 Å². The zero-order chi connectivity index (χ0) is 13.8. The maximum Gasteiger partial charge on any atom is 0.128 e. The summed E-state index contributed by atoms with van der Waals surface area (Å²) in [5.74, 6) is -0.168. The maximum absolute atomic E-state index is 14.0. The van der Waals surface area contributed by atoms with Gasteiger partial charge in [0.1, 0.15) is 5.82 Å². The van der Waals surface area contributed by atoms with Crippen molar-refractivity contribution in [2.45, 2.75) is 38.0 Å². The Bertz CT molecular complexity index is 403. The predicted molar refractivity (Wildman–Crippen MR) is 74.4 cm³/mol. The first-order valence-electron chi connectivity index (χ1n) is 6.90. The highest BCUT2D eigenvalue weighted by Gasteiger charge is 2.29. The highest BCUT2D eigenvalue weighted by Crippen LogP contribution is 2.29. The Balaban J connectivity index is 2.16. The summed E-state index contributed by atoms with van der Waals surface area (Å²) in [5, 5.41) is 0. The average molecular weight is 266 g/mol. The van der Waals surface area contributed by atoms with Crippen LogP contribution in [0.4, 0.5) is 4.39 Å². The minimum absolute atomic E-state index is 0.0565. The molecule has 19 heavy (non-hydrogen) atoms. The van der Waals surface area contributed by atoms with Crippen LogP contribution in [-0.2, 0) is 4.74 Å². The van der Waals surface area contributed by atoms with Gasteiger partial charge in [-0.25, -0.2) is 4.39 Å². The minimum atomic E-state index is -0.168. The summed E-state index contributed by atoms with van der Waals surface area (Å²) in [5.41, 5.74) is 6.80. The number of methoxy groups -OCH3 is 1. The Hall–Kier alpha value is -0.970. The third-order valence-electron chi connectivity index (χ3n) is 3.93. The van der Waals surface area contributed by atoms with Crippen molar-refractivity contribution >= 4 is 0 Å². The summed E-state index contributed by atoms with van der Waals surface area (Å²) in [6, 6.07) is 6.78. The van der Waals surface area contributed by atoms with E-state index in [9.17, 15) is 4.39 Å². The van der Waals surface area contributed by atoms with Gasteiger partial charge >= 0.3 is 0 Å². The lowest BCUT2D eigenvalue weighted by atomic mass is 9.95. The molecule has 1 aliphatic rings. The van der Waals surface area contributed by atoms with Gasteiger partial charge in [-0.15, -0.1) is 0 Å². The van der Waals surface area contributed by atoms with Crippen molar-refractivity contribution in [1.29, 1.82) is 0 Å². The number of hydrogen-bond acceptors (Lipinski definition) is 3. The van der Waals surface area contributed by atoms with Gasteiger partial charge in [-0.3, -0.25) is 4.90 Å². The van der Waals surface area contributed by atoms with Gasteiger partial charge in [0, 0.05) is 31.8 Å². The van der Waals surface area contributed by atoms with E-state index in [1.165, 1.54) is 6.07 Å². The molecule has 2 rings (SSSR count). The maximum atomic E-state index is 14.0. The molecule has 0 amide bonds. The van der Waals surface area contributed by atoms with Gasteiger partial charge in [-0.05, 0) is 25.8 Å². The summed E-state index contributed by atoms with van der Waals surface area (Å²) in [7, 11) is 1.75. The molecule has 0 radical (unpaired) electrons. The molecule has 1 aromatic rings. The lowest BCUT2D eigenvalue weighted by Crippen LogP contribution is -2.45. The van der Waals surface area contributed by atoms with Crippen LogP contribution < -0.4 is 5.73 Å². The second-order valence-corrected chi connectivity index (χ2v) is 5.30. The van der Waals surface area contributed by atoms with Gasteiger partial charge in [0.05, 0.1) is 12.1 Å². The van der Waals surface area contributed by atoms with Crippen LogP contribution in [0, 0.1) is 5.82 Å². The number of benzene rings is 1. The largest absolute Gasteiger partial charge is 0.381 e. The van der Waals surface area contributed by atoms with Crippen LogP contribution in [0.3, 0.4) is 0 Å². The van der Waals surface area contributed by atoms with E-state index in [0.717, 1.165) is 25.9 Å². The van der Waals surface area contributed by atoms with Crippen molar-refractivity contribution in [2.24, 2.45) is 5.73 Å². The zero-order valence-corrected chi connectivity index (χ0v) is 11.7. The number of piperidine rings is 1. The molecule has 3 nitrogen and oxygen atoms in total. The Labute approximate surface area is 114 Å². The lowest BCUT2D eigenvalue weighted by molar-refractivity contribution is 0.0229. The highest BCUT2D eigenvalue weighted by molar-refractivity contribution is 5.23. The molecule has 2 atom stereocenters. The third-order valence-corrected chi connectivity index (χ3v) is 3.93. The van der Waals surface area contributed by atoms with Crippen molar-refractivity contribution in [1.82, 2.24) is 4.90 Å². The fourth-order valence-electron chi connectivity index (χ4n) is 2.92. The van der Waals surface area contributed by atoms with E-state index in [-0.39, 0.29) is 17.9 Å². The van der Waals surface area contributed by atoms with Crippen LogP contribution in [-0.4, -0.2) is 37.2 Å². The molecule has 1 aromatic carbocycles. The molecule has 2 unspecified atom stereocenters. The molecule has 1 saturated heterocycles. The van der Waals surface area contributed by atoms with E-state index in [2.05, 4.69) is 4.90 Å². The Morgan fingerprint density at radius 1 is 1.32 bits per heavy atom. The lowest BCUT2D eigenvalue weighted by Gasteiger charge is -2.39. The molecular formula is C15H23FN2O. The number of halogens is 1. The molecule has 0 saturated carbocycles. The van der Waals surface area contributed by atoms with E-state index in [1.807, 2.05) is 19.1 Å². The second kappa shape index (κ2) is 6.46. The van der Waals surface area contributed by atoms with Crippen LogP contribution >= 0.6 is 0 Å². The zero-order valence-electron chi connectivity index (χ0n) is 11.7. The van der Waals surface area contributed by atoms with Crippen molar-refractivity contribution in [3.63, 3.8) is 0 Å². The number of hydrogen-bond donors (Lipinski definition) is 1. The van der Waals surface area contributed by atoms with Gasteiger partial charge in [-0.2, -0.15) is 0 Å². The summed E-state index contributed by atoms with van der Waals surface area (Å²) in [6.45, 7) is 3.75. The topological polar surface area (TPSA) is 38.5 Å². The predicted octanol–water partition coefficient (Wildman–Crippen LogP) is 2.32. The summed E-state index contributed by atoms with van der Waals surface area (Å²) >= 11 is 0. The number of ether oxygens (including phenoxy) is 1. The normalized spacial score (nSPS) is 21.3. The summed E-state index contributed by atoms with van der Waals surface area (Å²) < 4.78 is 19.4. The van der Waals surface area contributed by atoms with Crippen LogP contribution in [0.5, 0.6) is 0 Å². The van der Waals surface area contributed by atoms with Gasteiger partial charge in [0.25, 0.3) is 0 Å². The molecule has 0 aromatic heterocycles. The Kier molecular flexibility index (Phi) is 4.91. The van der Waals surface area contributed by atoms with Crippen molar-refractivity contribution in [3.8, 4) is 0 Å². The standard InChI is InChI=1S/C15H23FN2O/c1-11(17)15(13-5-3-4-6-14(13)16)18-9-7-12(19-2)8-10-18/h3-6,11-12,15H,7-10,17H2,1-2H3. The van der Waals surface area contributed by atoms with E-state index >= 15 is 0 Å². The van der Waals surface area contributed by atoms with Crippen LogP contribution in [0.25, 0.3) is 0 Å². The molecule has 106 valence electrons. The van der Waals surface area contributed by atoms with E-state index in [1.54, 1.807) is 13.2 Å². The van der Waals surface area contributed by atoms with Crippen molar-refractivity contribution in [2.75, 3.05) is 20.2 Å². The molecule has 1 aliphatic heterocycles. The van der Waals surface area contributed by atoms with Crippen LogP contribution in [0.1, 0.15) is 31.4 Å². The molecule has 1 fully saturated rings. The second-order valence-electron chi connectivity index (χ2n) is 5.30. The fraction of sp³-hybridized carbons (Fsp3) is 0.600. The smallest absolute Gasteiger partial charge is 0.128 e. The molecular weight excluding hydrogens is 243 g/mol. The number of nitrogens with two attached hydrogens (primary N) is 1. The van der Waals surface area contributed by atoms with E-state index in [4.69, 9.17) is 10.5 Å². The quantitative estimate of drug-likeness (QED) is 0.909. The minimum Gasteiger partial charge on any atom is -0.381 e. The van der Waals surface area contributed by atoms with Crippen LogP contribution in [0.2, 0.25) is 0 Å². The molecule has 0 spiro atoms. The first-order valence-corrected chi connectivity index (χ1v) is 6.90. The fourth-order valence-corrected chi connectivity index (χ4v) is 2.92. The highest BCUT2D eigenvalue weighted by atomic mass is 19.1. The van der Waals surface area contributed by atoms with Crippen molar-refractivity contribution < 1.29 is 9.13 Å². The molecule has 4 heteroatoms.